The summed E-state index contributed by atoms with van der Waals surface area (Å²) in [6.45, 7) is 2.72. The van der Waals surface area contributed by atoms with Gasteiger partial charge in [-0.25, -0.2) is 0 Å². The minimum Gasteiger partial charge on any atom is -0.387 e. The topological polar surface area (TPSA) is 32.3 Å². The molecule has 0 aliphatic carbocycles. The van der Waals surface area contributed by atoms with E-state index in [-0.39, 0.29) is 6.04 Å². The number of hydrogen-bond donors (Lipinski definition) is 2. The third-order valence-corrected chi connectivity index (χ3v) is 3.96. The minimum absolute atomic E-state index is 0.00509. The third-order valence-electron chi connectivity index (χ3n) is 3.19. The molecule has 19 heavy (non-hydrogen) atoms. The molecule has 0 amide bonds. The molecule has 2 aromatic rings. The van der Waals surface area contributed by atoms with Crippen molar-refractivity contribution in [2.45, 2.75) is 25.6 Å². The maximum Gasteiger partial charge on any atom is 0.0940 e. The average molecular weight is 320 g/mol. The normalized spacial score (nSPS) is 14.1. The zero-order valence-corrected chi connectivity index (χ0v) is 12.5. The summed E-state index contributed by atoms with van der Waals surface area (Å²) in [5.41, 5.74) is 2.13. The van der Waals surface area contributed by atoms with Crippen molar-refractivity contribution in [2.75, 3.05) is 0 Å². The van der Waals surface area contributed by atoms with E-state index in [1.54, 1.807) is 0 Å². The highest BCUT2D eigenvalue weighted by molar-refractivity contribution is 9.10. The summed E-state index contributed by atoms with van der Waals surface area (Å²) in [4.78, 5) is 0. The zero-order chi connectivity index (χ0) is 13.7. The first-order valence-electron chi connectivity index (χ1n) is 6.38. The zero-order valence-electron chi connectivity index (χ0n) is 10.9. The molecule has 2 rings (SSSR count). The number of nitrogens with one attached hydrogen (secondary N) is 1. The fourth-order valence-corrected chi connectivity index (χ4v) is 2.39. The Morgan fingerprint density at radius 1 is 1.05 bits per heavy atom. The molecule has 0 spiro atoms. The predicted molar refractivity (Wildman–Crippen MR) is 81.8 cm³/mol. The monoisotopic (exact) mass is 319 g/mol. The fraction of sp³-hybridized carbons (Fsp3) is 0.250. The van der Waals surface area contributed by atoms with Crippen LogP contribution in [0.5, 0.6) is 0 Å². The van der Waals surface area contributed by atoms with E-state index in [0.29, 0.717) is 0 Å². The van der Waals surface area contributed by atoms with Crippen molar-refractivity contribution >= 4 is 15.9 Å². The highest BCUT2D eigenvalue weighted by Gasteiger charge is 2.15. The number of benzene rings is 2. The summed E-state index contributed by atoms with van der Waals surface area (Å²) >= 11 is 3.53. The molecule has 0 aromatic heterocycles. The molecule has 2 nitrogen and oxygen atoms in total. The smallest absolute Gasteiger partial charge is 0.0940 e. The molecular formula is C16H18BrNO. The summed E-state index contributed by atoms with van der Waals surface area (Å²) < 4.78 is 1.09. The van der Waals surface area contributed by atoms with E-state index in [4.69, 9.17) is 0 Å². The second kappa shape index (κ2) is 6.85. The van der Waals surface area contributed by atoms with Crippen LogP contribution < -0.4 is 5.32 Å². The van der Waals surface area contributed by atoms with E-state index in [2.05, 4.69) is 27.3 Å². The molecule has 0 fully saturated rings. The summed E-state index contributed by atoms with van der Waals surface area (Å²) in [5.74, 6) is 0. The molecular weight excluding hydrogens is 302 g/mol. The number of rotatable bonds is 5. The van der Waals surface area contributed by atoms with Gasteiger partial charge in [-0.1, -0.05) is 64.5 Å². The lowest BCUT2D eigenvalue weighted by Crippen LogP contribution is -2.31. The Kier molecular flexibility index (Phi) is 5.14. The van der Waals surface area contributed by atoms with E-state index < -0.39 is 6.10 Å². The Labute approximate surface area is 122 Å². The quantitative estimate of drug-likeness (QED) is 0.881. The van der Waals surface area contributed by atoms with Crippen molar-refractivity contribution in [1.82, 2.24) is 5.32 Å². The van der Waals surface area contributed by atoms with Gasteiger partial charge in [-0.3, -0.25) is 0 Å². The maximum absolute atomic E-state index is 10.3. The van der Waals surface area contributed by atoms with Crippen LogP contribution in [0, 0.1) is 0 Å². The summed E-state index contributed by atoms with van der Waals surface area (Å²) in [7, 11) is 0. The average Bonchev–Trinajstić information content (AvgIpc) is 2.46. The van der Waals surface area contributed by atoms with Crippen molar-refractivity contribution in [3.05, 3.63) is 70.2 Å². The Morgan fingerprint density at radius 2 is 1.68 bits per heavy atom. The molecule has 2 aromatic carbocycles. The Hall–Kier alpha value is -1.16. The van der Waals surface area contributed by atoms with Gasteiger partial charge in [-0.2, -0.15) is 0 Å². The minimum atomic E-state index is -0.497. The van der Waals surface area contributed by atoms with E-state index >= 15 is 0 Å². The molecule has 0 aliphatic rings. The largest absolute Gasteiger partial charge is 0.387 e. The number of halogens is 1. The first-order chi connectivity index (χ1) is 9.18. The van der Waals surface area contributed by atoms with Crippen LogP contribution in [0.2, 0.25) is 0 Å². The van der Waals surface area contributed by atoms with Gasteiger partial charge in [0, 0.05) is 17.1 Å². The summed E-state index contributed by atoms with van der Waals surface area (Å²) in [6.07, 6.45) is -0.497. The Morgan fingerprint density at radius 3 is 2.37 bits per heavy atom. The Balaban J connectivity index is 1.95. The maximum atomic E-state index is 10.3. The molecule has 100 valence electrons. The number of aliphatic hydroxyl groups is 1. The van der Waals surface area contributed by atoms with Crippen molar-refractivity contribution in [3.8, 4) is 0 Å². The van der Waals surface area contributed by atoms with Crippen molar-refractivity contribution in [3.63, 3.8) is 0 Å². The van der Waals surface area contributed by atoms with Gasteiger partial charge in [0.1, 0.15) is 0 Å². The van der Waals surface area contributed by atoms with Crippen LogP contribution in [0.4, 0.5) is 0 Å². The van der Waals surface area contributed by atoms with Crippen molar-refractivity contribution in [1.29, 1.82) is 0 Å². The SMILES string of the molecule is C[C@H](NCc1ccccc1Br)[C@H](O)c1ccccc1. The van der Waals surface area contributed by atoms with E-state index in [0.717, 1.165) is 16.6 Å². The van der Waals surface area contributed by atoms with Gasteiger partial charge in [0.2, 0.25) is 0 Å². The van der Waals surface area contributed by atoms with E-state index in [1.165, 1.54) is 5.56 Å². The van der Waals surface area contributed by atoms with Gasteiger partial charge < -0.3 is 10.4 Å². The second-order valence-corrected chi connectivity index (χ2v) is 5.47. The van der Waals surface area contributed by atoms with Crippen LogP contribution in [0.25, 0.3) is 0 Å². The molecule has 3 heteroatoms. The molecule has 0 unspecified atom stereocenters. The lowest BCUT2D eigenvalue weighted by Gasteiger charge is -2.21. The summed E-state index contributed by atoms with van der Waals surface area (Å²) in [6, 6.07) is 17.8. The van der Waals surface area contributed by atoms with Gasteiger partial charge >= 0.3 is 0 Å². The number of aliphatic hydroxyl groups excluding tert-OH is 1. The Bertz CT molecular complexity index is 515. The van der Waals surface area contributed by atoms with E-state index in [9.17, 15) is 5.11 Å². The molecule has 0 saturated heterocycles. The highest BCUT2D eigenvalue weighted by atomic mass is 79.9. The van der Waals surface area contributed by atoms with Gasteiger partial charge in [0.05, 0.1) is 6.10 Å². The predicted octanol–water partition coefficient (Wildman–Crippen LogP) is 3.66. The highest BCUT2D eigenvalue weighted by Crippen LogP contribution is 2.19. The van der Waals surface area contributed by atoms with Gasteiger partial charge in [0.15, 0.2) is 0 Å². The molecule has 2 N–H and O–H groups in total. The molecule has 0 radical (unpaired) electrons. The van der Waals surface area contributed by atoms with Crippen LogP contribution in [0.1, 0.15) is 24.2 Å². The molecule has 0 heterocycles. The fourth-order valence-electron chi connectivity index (χ4n) is 1.96. The third kappa shape index (κ3) is 3.90. The van der Waals surface area contributed by atoms with Crippen LogP contribution in [0.15, 0.2) is 59.1 Å². The molecule has 2 atom stereocenters. The van der Waals surface area contributed by atoms with E-state index in [1.807, 2.05) is 55.5 Å². The van der Waals surface area contributed by atoms with Gasteiger partial charge in [-0.15, -0.1) is 0 Å². The van der Waals surface area contributed by atoms with Crippen LogP contribution in [-0.2, 0) is 6.54 Å². The first kappa shape index (κ1) is 14.3. The second-order valence-electron chi connectivity index (χ2n) is 4.62. The van der Waals surface area contributed by atoms with Crippen LogP contribution in [-0.4, -0.2) is 11.1 Å². The van der Waals surface area contributed by atoms with Gasteiger partial charge in [0.25, 0.3) is 0 Å². The molecule has 0 bridgehead atoms. The molecule has 0 aliphatic heterocycles. The van der Waals surface area contributed by atoms with Crippen LogP contribution in [0.3, 0.4) is 0 Å². The number of hydrogen-bond acceptors (Lipinski definition) is 2. The van der Waals surface area contributed by atoms with Gasteiger partial charge in [-0.05, 0) is 24.1 Å². The molecule has 0 saturated carbocycles. The first-order valence-corrected chi connectivity index (χ1v) is 7.17. The lowest BCUT2D eigenvalue weighted by molar-refractivity contribution is 0.135. The van der Waals surface area contributed by atoms with Crippen LogP contribution >= 0.6 is 15.9 Å². The standard InChI is InChI=1S/C16H18BrNO/c1-12(16(19)13-7-3-2-4-8-13)18-11-14-9-5-6-10-15(14)17/h2-10,12,16,18-19H,11H2,1H3/t12-,16-/m0/s1. The lowest BCUT2D eigenvalue weighted by atomic mass is 10.0. The van der Waals surface area contributed by atoms with Crippen molar-refractivity contribution < 1.29 is 5.11 Å². The van der Waals surface area contributed by atoms with Crippen molar-refractivity contribution in [2.24, 2.45) is 0 Å². The summed E-state index contributed by atoms with van der Waals surface area (Å²) in [5, 5.41) is 13.6.